The minimum Gasteiger partial charge on any atom is -0.335 e. The minimum atomic E-state index is -0.148. The van der Waals surface area contributed by atoms with Crippen molar-refractivity contribution in [3.8, 4) is 0 Å². The van der Waals surface area contributed by atoms with Gasteiger partial charge in [-0.3, -0.25) is 10.00 Å². The molecule has 16 heavy (non-hydrogen) atoms. The lowest BCUT2D eigenvalue weighted by atomic mass is 9.96. The number of amides is 2. The zero-order chi connectivity index (χ0) is 11.4. The quantitative estimate of drug-likeness (QED) is 0.802. The van der Waals surface area contributed by atoms with Crippen LogP contribution in [0.2, 0.25) is 0 Å². The van der Waals surface area contributed by atoms with Crippen molar-refractivity contribution in [3.05, 3.63) is 12.3 Å². The van der Waals surface area contributed by atoms with E-state index in [-0.39, 0.29) is 6.03 Å². The van der Waals surface area contributed by atoms with E-state index in [1.807, 2.05) is 7.05 Å². The van der Waals surface area contributed by atoms with Gasteiger partial charge in [0.2, 0.25) is 0 Å². The van der Waals surface area contributed by atoms with Gasteiger partial charge < -0.3 is 5.32 Å². The number of carbonyl (C=O) groups excluding carboxylic acids is 1. The maximum absolute atomic E-state index is 11.6. The summed E-state index contributed by atoms with van der Waals surface area (Å²) >= 11 is 0. The first-order chi connectivity index (χ1) is 7.74. The average molecular weight is 222 g/mol. The van der Waals surface area contributed by atoms with Crippen LogP contribution < -0.4 is 10.6 Å². The molecule has 2 rings (SSSR count). The van der Waals surface area contributed by atoms with Crippen molar-refractivity contribution in [2.75, 3.05) is 5.32 Å². The number of nitrogens with one attached hydrogen (secondary N) is 2. The third-order valence-corrected chi connectivity index (χ3v) is 2.90. The molecule has 2 amide bonds. The second kappa shape index (κ2) is 5.01. The molecule has 0 unspecified atom stereocenters. The van der Waals surface area contributed by atoms with Crippen LogP contribution in [-0.2, 0) is 7.05 Å². The molecule has 1 saturated carbocycles. The lowest BCUT2D eigenvalue weighted by Crippen LogP contribution is -2.39. The molecule has 1 heterocycles. The third-order valence-electron chi connectivity index (χ3n) is 2.90. The van der Waals surface area contributed by atoms with Crippen molar-refractivity contribution >= 4 is 11.8 Å². The third kappa shape index (κ3) is 2.98. The van der Waals surface area contributed by atoms with Gasteiger partial charge in [0, 0.05) is 25.4 Å². The fraction of sp³-hybridized carbons (Fsp3) is 0.636. The zero-order valence-corrected chi connectivity index (χ0v) is 9.57. The summed E-state index contributed by atoms with van der Waals surface area (Å²) in [6.45, 7) is 0. The molecule has 1 aromatic rings. The van der Waals surface area contributed by atoms with E-state index in [4.69, 9.17) is 0 Å². The summed E-state index contributed by atoms with van der Waals surface area (Å²) in [5.41, 5.74) is 0. The summed E-state index contributed by atoms with van der Waals surface area (Å²) in [4.78, 5) is 11.6. The first-order valence-corrected chi connectivity index (χ1v) is 5.81. The predicted octanol–water partition coefficient (Wildman–Crippen LogP) is 1.87. The molecule has 0 saturated heterocycles. The number of anilines is 1. The van der Waals surface area contributed by atoms with Crippen LogP contribution in [0.4, 0.5) is 10.6 Å². The molecule has 0 bridgehead atoms. The molecular weight excluding hydrogens is 204 g/mol. The molecule has 88 valence electrons. The van der Waals surface area contributed by atoms with Crippen LogP contribution in [0.25, 0.3) is 0 Å². The number of hydrogen-bond donors (Lipinski definition) is 2. The van der Waals surface area contributed by atoms with Crippen molar-refractivity contribution in [3.63, 3.8) is 0 Å². The fourth-order valence-corrected chi connectivity index (χ4v) is 2.07. The van der Waals surface area contributed by atoms with Crippen LogP contribution in [0.5, 0.6) is 0 Å². The summed E-state index contributed by atoms with van der Waals surface area (Å²) < 4.78 is 1.66. The van der Waals surface area contributed by atoms with Gasteiger partial charge in [-0.2, -0.15) is 5.10 Å². The molecule has 1 aliphatic carbocycles. The van der Waals surface area contributed by atoms with Gasteiger partial charge in [-0.05, 0) is 12.8 Å². The van der Waals surface area contributed by atoms with Gasteiger partial charge in [-0.1, -0.05) is 19.3 Å². The van der Waals surface area contributed by atoms with Crippen LogP contribution in [0.3, 0.4) is 0 Å². The number of aromatic nitrogens is 2. The average Bonchev–Trinajstić information content (AvgIpc) is 2.65. The van der Waals surface area contributed by atoms with Crippen LogP contribution >= 0.6 is 0 Å². The van der Waals surface area contributed by atoms with Gasteiger partial charge in [-0.15, -0.1) is 0 Å². The molecule has 2 N–H and O–H groups in total. The number of rotatable bonds is 2. The number of hydrogen-bond acceptors (Lipinski definition) is 2. The van der Waals surface area contributed by atoms with Crippen LogP contribution in [-0.4, -0.2) is 21.9 Å². The van der Waals surface area contributed by atoms with Crippen LogP contribution in [0.1, 0.15) is 32.1 Å². The Morgan fingerprint density at radius 2 is 2.19 bits per heavy atom. The first kappa shape index (κ1) is 11.0. The fourth-order valence-electron chi connectivity index (χ4n) is 2.07. The molecule has 0 radical (unpaired) electrons. The molecule has 0 atom stereocenters. The Morgan fingerprint density at radius 1 is 1.44 bits per heavy atom. The lowest BCUT2D eigenvalue weighted by molar-refractivity contribution is 0.244. The van der Waals surface area contributed by atoms with Crippen molar-refractivity contribution < 1.29 is 4.79 Å². The Kier molecular flexibility index (Phi) is 3.44. The summed E-state index contributed by atoms with van der Waals surface area (Å²) in [7, 11) is 1.82. The second-order valence-electron chi connectivity index (χ2n) is 4.31. The van der Waals surface area contributed by atoms with Crippen molar-refractivity contribution in [1.82, 2.24) is 15.1 Å². The Balaban J connectivity index is 1.79. The van der Waals surface area contributed by atoms with Crippen molar-refractivity contribution in [1.29, 1.82) is 0 Å². The molecule has 1 fully saturated rings. The molecule has 0 spiro atoms. The van der Waals surface area contributed by atoms with Gasteiger partial charge in [-0.25, -0.2) is 4.79 Å². The van der Waals surface area contributed by atoms with Crippen molar-refractivity contribution in [2.45, 2.75) is 38.1 Å². The van der Waals surface area contributed by atoms with Crippen LogP contribution in [0.15, 0.2) is 12.3 Å². The van der Waals surface area contributed by atoms with Gasteiger partial charge in [0.15, 0.2) is 5.82 Å². The first-order valence-electron chi connectivity index (χ1n) is 5.81. The highest BCUT2D eigenvalue weighted by Crippen LogP contribution is 2.17. The standard InChI is InChI=1S/C11H18N4O/c1-15-8-7-10(14-15)13-11(16)12-9-5-3-2-4-6-9/h7-9H,2-6H2,1H3,(H2,12,13,14,16). The Hall–Kier alpha value is -1.52. The SMILES string of the molecule is Cn1ccc(NC(=O)NC2CCCCC2)n1. The van der Waals surface area contributed by atoms with Gasteiger partial charge >= 0.3 is 6.03 Å². The summed E-state index contributed by atoms with van der Waals surface area (Å²) in [6, 6.07) is 1.96. The van der Waals surface area contributed by atoms with E-state index in [0.717, 1.165) is 12.8 Å². The van der Waals surface area contributed by atoms with Gasteiger partial charge in [0.1, 0.15) is 0 Å². The van der Waals surface area contributed by atoms with E-state index < -0.39 is 0 Å². The van der Waals surface area contributed by atoms with E-state index >= 15 is 0 Å². The van der Waals surface area contributed by atoms with E-state index in [2.05, 4.69) is 15.7 Å². The predicted molar refractivity (Wildman–Crippen MR) is 62.2 cm³/mol. The topological polar surface area (TPSA) is 59.0 Å². The number of urea groups is 1. The largest absolute Gasteiger partial charge is 0.335 e. The summed E-state index contributed by atoms with van der Waals surface area (Å²) in [6.07, 6.45) is 7.71. The summed E-state index contributed by atoms with van der Waals surface area (Å²) in [5, 5.41) is 9.79. The molecule has 0 aromatic carbocycles. The molecule has 1 aromatic heterocycles. The highest BCUT2D eigenvalue weighted by molar-refractivity contribution is 5.88. The molecule has 5 nitrogen and oxygen atoms in total. The van der Waals surface area contributed by atoms with E-state index in [1.54, 1.807) is 16.9 Å². The summed E-state index contributed by atoms with van der Waals surface area (Å²) in [5.74, 6) is 0.593. The normalized spacial score (nSPS) is 17.1. The molecule has 1 aliphatic rings. The van der Waals surface area contributed by atoms with E-state index in [1.165, 1.54) is 19.3 Å². The maximum atomic E-state index is 11.6. The minimum absolute atomic E-state index is 0.148. The second-order valence-corrected chi connectivity index (χ2v) is 4.31. The Labute approximate surface area is 95.2 Å². The molecule has 5 heteroatoms. The number of carbonyl (C=O) groups is 1. The van der Waals surface area contributed by atoms with Crippen LogP contribution in [0, 0.1) is 0 Å². The monoisotopic (exact) mass is 222 g/mol. The Morgan fingerprint density at radius 3 is 2.81 bits per heavy atom. The molecular formula is C11H18N4O. The van der Waals surface area contributed by atoms with Crippen molar-refractivity contribution in [2.24, 2.45) is 7.05 Å². The highest BCUT2D eigenvalue weighted by Gasteiger charge is 2.15. The van der Waals surface area contributed by atoms with E-state index in [0.29, 0.717) is 11.9 Å². The highest BCUT2D eigenvalue weighted by atomic mass is 16.2. The zero-order valence-electron chi connectivity index (χ0n) is 9.57. The number of nitrogens with zero attached hydrogens (tertiary/aromatic N) is 2. The lowest BCUT2D eigenvalue weighted by Gasteiger charge is -2.22. The van der Waals surface area contributed by atoms with Gasteiger partial charge in [0.05, 0.1) is 0 Å². The van der Waals surface area contributed by atoms with Gasteiger partial charge in [0.25, 0.3) is 0 Å². The Bertz CT molecular complexity index is 355. The number of aryl methyl sites for hydroxylation is 1. The van der Waals surface area contributed by atoms with E-state index in [9.17, 15) is 4.79 Å². The smallest absolute Gasteiger partial charge is 0.320 e. The maximum Gasteiger partial charge on any atom is 0.320 e. The molecule has 0 aliphatic heterocycles.